The molecule has 0 spiro atoms. The van der Waals surface area contributed by atoms with Crippen LogP contribution in [0.5, 0.6) is 23.0 Å². The number of benzene rings is 12. The first-order chi connectivity index (χ1) is 44.3. The van der Waals surface area contributed by atoms with E-state index in [0.717, 1.165) is 133 Å². The van der Waals surface area contributed by atoms with Gasteiger partial charge in [0.25, 0.3) is 0 Å². The van der Waals surface area contributed by atoms with Gasteiger partial charge in [0, 0.05) is 34.6 Å². The summed E-state index contributed by atoms with van der Waals surface area (Å²) < 4.78 is 24.5. The SMILES string of the molecule is CC(=O)CC(C)=O.Cc1ccc(OCc2c[c-]c3c(c2)c2cc(COc4ccc(C)cc4)ccc2c2nc(-c4ccccc4)cnc32)cc1.Cc1ccc(OCc2c[c-]c3c(c2)c2cc(COc4ccc(C)cc4)ccc2c2nc(-c4ccccc4)cnc32)cc1.[Ir+3]. The smallest absolute Gasteiger partial charge is 0.498 e. The van der Waals surface area contributed by atoms with Gasteiger partial charge in [-0.3, -0.25) is 19.6 Å². The maximum Gasteiger partial charge on any atom is 3.00 e. The molecule has 11 heteroatoms. The van der Waals surface area contributed by atoms with Crippen LogP contribution in [-0.4, -0.2) is 31.5 Å². The Morgan fingerprint density at radius 2 is 0.674 bits per heavy atom. The fourth-order valence-electron chi connectivity index (χ4n) is 10.9. The van der Waals surface area contributed by atoms with E-state index in [1.54, 1.807) is 0 Å². The van der Waals surface area contributed by atoms with Crippen molar-refractivity contribution >= 4 is 76.7 Å². The molecule has 14 rings (SSSR count). The van der Waals surface area contributed by atoms with E-state index >= 15 is 0 Å². The summed E-state index contributed by atoms with van der Waals surface area (Å²) in [5.41, 5.74) is 16.3. The summed E-state index contributed by atoms with van der Waals surface area (Å²) in [6.07, 6.45) is 3.80. The largest absolute Gasteiger partial charge is 3.00 e. The van der Waals surface area contributed by atoms with Crippen molar-refractivity contribution < 1.29 is 48.6 Å². The zero-order valence-electron chi connectivity index (χ0n) is 52.0. The van der Waals surface area contributed by atoms with Crippen molar-refractivity contribution in [3.8, 4) is 45.5 Å². The van der Waals surface area contributed by atoms with Crippen LogP contribution in [0.15, 0.2) is 231 Å². The Bertz CT molecular complexity index is 4620. The molecule has 0 amide bonds. The third-order valence-corrected chi connectivity index (χ3v) is 15.6. The summed E-state index contributed by atoms with van der Waals surface area (Å²) in [6, 6.07) is 81.3. The van der Waals surface area contributed by atoms with Gasteiger partial charge in [-0.05, 0) is 112 Å². The number of aromatic nitrogens is 4. The first kappa shape index (κ1) is 63.1. The molecule has 12 aromatic carbocycles. The number of aryl methyl sites for hydroxylation is 4. The number of Topliss-reactive ketones (excluding diaryl/α,β-unsaturated/α-hetero) is 2. The van der Waals surface area contributed by atoms with Crippen LogP contribution in [0.25, 0.3) is 87.7 Å². The van der Waals surface area contributed by atoms with Crippen LogP contribution in [-0.2, 0) is 56.1 Å². The van der Waals surface area contributed by atoms with Crippen LogP contribution < -0.4 is 18.9 Å². The number of rotatable bonds is 16. The maximum atomic E-state index is 10.0. The molecule has 0 saturated heterocycles. The monoisotopic (exact) mass is 1380 g/mol. The van der Waals surface area contributed by atoms with Gasteiger partial charge in [-0.1, -0.05) is 201 Å². The summed E-state index contributed by atoms with van der Waals surface area (Å²) in [4.78, 5) is 40.2. The minimum atomic E-state index is -0.0625. The van der Waals surface area contributed by atoms with Gasteiger partial charge >= 0.3 is 20.1 Å². The van der Waals surface area contributed by atoms with Crippen molar-refractivity contribution in [1.82, 2.24) is 19.9 Å². The molecule has 14 aromatic rings. The molecular formula is C81H66IrN4O6+. The molecule has 0 bridgehead atoms. The van der Waals surface area contributed by atoms with Gasteiger partial charge in [-0.15, -0.1) is 47.2 Å². The Labute approximate surface area is 549 Å². The molecule has 2 aromatic heterocycles. The molecule has 0 aliphatic carbocycles. The molecule has 0 aliphatic rings. The van der Waals surface area contributed by atoms with Gasteiger partial charge in [0.1, 0.15) is 47.8 Å². The van der Waals surface area contributed by atoms with Crippen molar-refractivity contribution in [2.45, 2.75) is 74.4 Å². The van der Waals surface area contributed by atoms with E-state index in [0.29, 0.717) is 26.4 Å². The van der Waals surface area contributed by atoms with Gasteiger partial charge in [-0.2, -0.15) is 0 Å². The molecular weight excluding hydrogens is 1320 g/mol. The summed E-state index contributed by atoms with van der Waals surface area (Å²) in [7, 11) is 0. The van der Waals surface area contributed by atoms with E-state index in [2.05, 4.69) is 161 Å². The number of carbonyl (C=O) groups is 2. The summed E-state index contributed by atoms with van der Waals surface area (Å²) in [6.45, 7) is 12.9. The molecule has 92 heavy (non-hydrogen) atoms. The van der Waals surface area contributed by atoms with Crippen LogP contribution in [0.3, 0.4) is 0 Å². The van der Waals surface area contributed by atoms with Crippen LogP contribution in [0, 0.1) is 39.8 Å². The van der Waals surface area contributed by atoms with Crippen LogP contribution in [0.4, 0.5) is 0 Å². The Balaban J connectivity index is 0.000000169. The zero-order valence-corrected chi connectivity index (χ0v) is 54.4. The number of ketones is 2. The molecule has 0 saturated carbocycles. The topological polar surface area (TPSA) is 123 Å². The third-order valence-electron chi connectivity index (χ3n) is 15.6. The van der Waals surface area contributed by atoms with Crippen LogP contribution in [0.2, 0.25) is 0 Å². The van der Waals surface area contributed by atoms with E-state index in [4.69, 9.17) is 38.9 Å². The average Bonchev–Trinajstić information content (AvgIpc) is 0.753. The Morgan fingerprint density at radius 1 is 0.359 bits per heavy atom. The summed E-state index contributed by atoms with van der Waals surface area (Å²) in [5.74, 6) is 3.27. The minimum Gasteiger partial charge on any atom is -0.498 e. The summed E-state index contributed by atoms with van der Waals surface area (Å²) >= 11 is 0. The Hall–Kier alpha value is -10.5. The second-order valence-corrected chi connectivity index (χ2v) is 23.0. The van der Waals surface area contributed by atoms with Crippen molar-refractivity contribution in [2.75, 3.05) is 0 Å². The first-order valence-corrected chi connectivity index (χ1v) is 30.3. The number of carbonyl (C=O) groups excluding carboxylic acids is 2. The van der Waals surface area contributed by atoms with Crippen molar-refractivity contribution in [3.63, 3.8) is 0 Å². The number of nitrogens with zero attached hydrogens (tertiary/aromatic N) is 4. The number of fused-ring (bicyclic) bond motifs is 12. The molecule has 0 radical (unpaired) electrons. The van der Waals surface area contributed by atoms with Gasteiger partial charge in [0.2, 0.25) is 0 Å². The van der Waals surface area contributed by atoms with Crippen LogP contribution in [0.1, 0.15) is 64.8 Å². The molecule has 0 aliphatic heterocycles. The molecule has 0 N–H and O–H groups in total. The van der Waals surface area contributed by atoms with Gasteiger partial charge in [0.15, 0.2) is 0 Å². The van der Waals surface area contributed by atoms with E-state index in [1.165, 1.54) is 36.1 Å². The second-order valence-electron chi connectivity index (χ2n) is 23.0. The van der Waals surface area contributed by atoms with Gasteiger partial charge < -0.3 is 28.9 Å². The number of ether oxygens (including phenoxy) is 4. The molecule has 454 valence electrons. The number of hydrogen-bond acceptors (Lipinski definition) is 10. The predicted octanol–water partition coefficient (Wildman–Crippen LogP) is 18.9. The Morgan fingerprint density at radius 3 is 0.989 bits per heavy atom. The van der Waals surface area contributed by atoms with Crippen molar-refractivity contribution in [2.24, 2.45) is 0 Å². The summed E-state index contributed by atoms with van der Waals surface area (Å²) in [5, 5.41) is 8.31. The maximum absolute atomic E-state index is 10.0. The third kappa shape index (κ3) is 15.2. The molecule has 10 nitrogen and oxygen atoms in total. The van der Waals surface area contributed by atoms with Gasteiger partial charge in [0.05, 0.1) is 42.1 Å². The standard InChI is InChI=1S/2C38H29N2O2.C5H8O2.Ir/c2*1-25-8-14-30(15-9-25)41-23-27-12-18-32-34(20-27)35-21-28(24-42-31-16-10-26(2)11-17-31)13-19-33(35)38-37(32)39-22-36(40-38)29-6-4-3-5-7-29;1-4(6)3-5(2)7;/h2*3-17,19-22H,23-24H2,1-2H3;3H2,1-2H3;/q2*-1;;+3. The first-order valence-electron chi connectivity index (χ1n) is 30.3. The zero-order chi connectivity index (χ0) is 62.8. The predicted molar refractivity (Wildman–Crippen MR) is 366 cm³/mol. The minimum absolute atomic E-state index is 0. The average molecular weight is 1380 g/mol. The Kier molecular flexibility index (Phi) is 19.9. The molecule has 2 heterocycles. The fourth-order valence-corrected chi connectivity index (χ4v) is 10.9. The van der Waals surface area contributed by atoms with E-state index in [1.807, 2.05) is 109 Å². The molecule has 0 unspecified atom stereocenters. The van der Waals surface area contributed by atoms with Gasteiger partial charge in [-0.25, -0.2) is 0 Å². The van der Waals surface area contributed by atoms with Crippen molar-refractivity contribution in [3.05, 3.63) is 287 Å². The van der Waals surface area contributed by atoms with Crippen LogP contribution >= 0.6 is 0 Å². The second kappa shape index (κ2) is 29.0. The van der Waals surface area contributed by atoms with E-state index in [-0.39, 0.29) is 38.1 Å². The van der Waals surface area contributed by atoms with Crippen molar-refractivity contribution in [1.29, 1.82) is 0 Å². The fraction of sp³-hybridized carbons (Fsp3) is 0.136. The van der Waals surface area contributed by atoms with E-state index in [9.17, 15) is 9.59 Å². The molecule has 0 fully saturated rings. The quantitative estimate of drug-likeness (QED) is 0.0525. The normalized spacial score (nSPS) is 10.9. The van der Waals surface area contributed by atoms with E-state index < -0.39 is 0 Å². The number of hydrogen-bond donors (Lipinski definition) is 0. The molecule has 0 atom stereocenters.